The summed E-state index contributed by atoms with van der Waals surface area (Å²) in [6.07, 6.45) is 1.70. The minimum Gasteiger partial charge on any atom is -0.352 e. The molecule has 3 nitrogen and oxygen atoms in total. The molecule has 1 amide bonds. The summed E-state index contributed by atoms with van der Waals surface area (Å²) in [5, 5.41) is 2.83. The average molecular weight is 244 g/mol. The van der Waals surface area contributed by atoms with Crippen LogP contribution < -0.4 is 5.32 Å². The number of H-pyrrole nitrogens is 1. The summed E-state index contributed by atoms with van der Waals surface area (Å²) < 4.78 is 0.457. The first-order valence-electron chi connectivity index (χ1n) is 5.27. The van der Waals surface area contributed by atoms with Crippen LogP contribution in [0.4, 0.5) is 0 Å². The van der Waals surface area contributed by atoms with Gasteiger partial charge in [0.05, 0.1) is 5.56 Å². The molecule has 2 N–H and O–H groups in total. The topological polar surface area (TPSA) is 44.9 Å². The zero-order valence-corrected chi connectivity index (χ0v) is 9.96. The van der Waals surface area contributed by atoms with Crippen molar-refractivity contribution in [3.63, 3.8) is 0 Å². The van der Waals surface area contributed by atoms with Gasteiger partial charge in [0, 0.05) is 12.7 Å². The fourth-order valence-electron chi connectivity index (χ4n) is 1.47. The SMILES string of the molecule is O=C(NCc1ccccc1)c1ccc[nH]c1=S. The number of benzene rings is 1. The monoisotopic (exact) mass is 244 g/mol. The predicted octanol–water partition coefficient (Wildman–Crippen LogP) is 2.67. The second-order valence-electron chi connectivity index (χ2n) is 3.58. The number of carbonyl (C=O) groups is 1. The molecule has 2 aromatic rings. The Balaban J connectivity index is 2.04. The Bertz CT molecular complexity index is 563. The molecular formula is C13H12N2OS. The molecule has 4 heteroatoms. The number of hydrogen-bond donors (Lipinski definition) is 2. The van der Waals surface area contributed by atoms with Crippen LogP contribution in [0.1, 0.15) is 15.9 Å². The average Bonchev–Trinajstić information content (AvgIpc) is 2.38. The maximum Gasteiger partial charge on any atom is 0.254 e. The van der Waals surface area contributed by atoms with Gasteiger partial charge < -0.3 is 10.3 Å². The van der Waals surface area contributed by atoms with E-state index in [1.54, 1.807) is 18.3 Å². The van der Waals surface area contributed by atoms with Gasteiger partial charge in [-0.2, -0.15) is 0 Å². The van der Waals surface area contributed by atoms with Crippen LogP contribution in [0.25, 0.3) is 0 Å². The molecule has 0 aliphatic carbocycles. The Labute approximate surface area is 105 Å². The van der Waals surface area contributed by atoms with Crippen LogP contribution in [0.5, 0.6) is 0 Å². The lowest BCUT2D eigenvalue weighted by molar-refractivity contribution is 0.0950. The van der Waals surface area contributed by atoms with Crippen molar-refractivity contribution < 1.29 is 4.79 Å². The molecule has 2 rings (SSSR count). The van der Waals surface area contributed by atoms with E-state index in [4.69, 9.17) is 12.2 Å². The Morgan fingerprint density at radius 1 is 1.18 bits per heavy atom. The molecule has 0 saturated carbocycles. The molecule has 17 heavy (non-hydrogen) atoms. The number of hydrogen-bond acceptors (Lipinski definition) is 2. The van der Waals surface area contributed by atoms with Crippen molar-refractivity contribution in [2.45, 2.75) is 6.54 Å². The summed E-state index contributed by atoms with van der Waals surface area (Å²) in [5.41, 5.74) is 1.56. The minimum absolute atomic E-state index is 0.157. The van der Waals surface area contributed by atoms with Crippen molar-refractivity contribution in [1.82, 2.24) is 10.3 Å². The zero-order chi connectivity index (χ0) is 12.1. The third-order valence-corrected chi connectivity index (χ3v) is 2.70. The molecule has 0 saturated heterocycles. The molecule has 1 aromatic heterocycles. The summed E-state index contributed by atoms with van der Waals surface area (Å²) in [6, 6.07) is 13.2. The number of rotatable bonds is 3. The molecule has 0 aliphatic heterocycles. The summed E-state index contributed by atoms with van der Waals surface area (Å²) in [7, 11) is 0. The molecular weight excluding hydrogens is 232 g/mol. The maximum absolute atomic E-state index is 11.8. The molecule has 86 valence electrons. The van der Waals surface area contributed by atoms with Crippen LogP contribution in [0.3, 0.4) is 0 Å². The Kier molecular flexibility index (Phi) is 3.67. The van der Waals surface area contributed by atoms with Crippen LogP contribution in [0.2, 0.25) is 0 Å². The number of nitrogens with one attached hydrogen (secondary N) is 2. The van der Waals surface area contributed by atoms with Gasteiger partial charge in [-0.1, -0.05) is 42.5 Å². The van der Waals surface area contributed by atoms with E-state index in [1.807, 2.05) is 30.3 Å². The number of pyridine rings is 1. The van der Waals surface area contributed by atoms with Gasteiger partial charge in [-0.15, -0.1) is 0 Å². The first-order chi connectivity index (χ1) is 8.27. The lowest BCUT2D eigenvalue weighted by atomic mass is 10.2. The quantitative estimate of drug-likeness (QED) is 0.815. The molecule has 0 aliphatic rings. The predicted molar refractivity (Wildman–Crippen MR) is 69.2 cm³/mol. The third-order valence-electron chi connectivity index (χ3n) is 2.36. The number of amides is 1. The van der Waals surface area contributed by atoms with Crippen molar-refractivity contribution in [3.8, 4) is 0 Å². The molecule has 1 heterocycles. The van der Waals surface area contributed by atoms with E-state index in [1.165, 1.54) is 0 Å². The van der Waals surface area contributed by atoms with E-state index in [2.05, 4.69) is 10.3 Å². The molecule has 0 atom stereocenters. The van der Waals surface area contributed by atoms with Gasteiger partial charge in [0.25, 0.3) is 5.91 Å². The molecule has 1 aromatic carbocycles. The molecule has 0 spiro atoms. The largest absolute Gasteiger partial charge is 0.352 e. The van der Waals surface area contributed by atoms with Gasteiger partial charge in [0.2, 0.25) is 0 Å². The first kappa shape index (κ1) is 11.5. The van der Waals surface area contributed by atoms with Crippen molar-refractivity contribution >= 4 is 18.1 Å². The number of aromatic nitrogens is 1. The zero-order valence-electron chi connectivity index (χ0n) is 9.14. The number of carbonyl (C=O) groups excluding carboxylic acids is 1. The van der Waals surface area contributed by atoms with Gasteiger partial charge >= 0.3 is 0 Å². The van der Waals surface area contributed by atoms with Crippen molar-refractivity contribution in [1.29, 1.82) is 0 Å². The maximum atomic E-state index is 11.8. The van der Waals surface area contributed by atoms with Gasteiger partial charge in [-0.05, 0) is 17.7 Å². The van der Waals surface area contributed by atoms with Crippen LogP contribution >= 0.6 is 12.2 Å². The second kappa shape index (κ2) is 5.41. The highest BCUT2D eigenvalue weighted by Crippen LogP contribution is 2.01. The van der Waals surface area contributed by atoms with Crippen molar-refractivity contribution in [2.75, 3.05) is 0 Å². The lowest BCUT2D eigenvalue weighted by Gasteiger charge is -2.05. The number of aromatic amines is 1. The Morgan fingerprint density at radius 2 is 1.94 bits per heavy atom. The van der Waals surface area contributed by atoms with E-state index in [-0.39, 0.29) is 5.91 Å². The fourth-order valence-corrected chi connectivity index (χ4v) is 1.70. The van der Waals surface area contributed by atoms with E-state index < -0.39 is 0 Å². The smallest absolute Gasteiger partial charge is 0.254 e. The Hall–Kier alpha value is -1.94. The summed E-state index contributed by atoms with van der Waals surface area (Å²) in [6.45, 7) is 0.503. The summed E-state index contributed by atoms with van der Waals surface area (Å²) in [4.78, 5) is 14.7. The summed E-state index contributed by atoms with van der Waals surface area (Å²) in [5.74, 6) is -0.157. The van der Waals surface area contributed by atoms with Crippen molar-refractivity contribution in [3.05, 3.63) is 64.4 Å². The van der Waals surface area contributed by atoms with Crippen LogP contribution in [-0.2, 0) is 6.54 Å². The van der Waals surface area contributed by atoms with Crippen molar-refractivity contribution in [2.24, 2.45) is 0 Å². The molecule has 0 fully saturated rings. The third kappa shape index (κ3) is 3.01. The molecule has 0 unspecified atom stereocenters. The highest BCUT2D eigenvalue weighted by molar-refractivity contribution is 7.71. The van der Waals surface area contributed by atoms with Gasteiger partial charge in [0.1, 0.15) is 4.64 Å². The molecule has 0 bridgehead atoms. The van der Waals surface area contributed by atoms with Gasteiger partial charge in [-0.3, -0.25) is 4.79 Å². The van der Waals surface area contributed by atoms with E-state index in [9.17, 15) is 4.79 Å². The standard InChI is InChI=1S/C13H12N2OS/c16-12(11-7-4-8-14-13(11)17)15-9-10-5-2-1-3-6-10/h1-8H,9H2,(H,14,17)(H,15,16). The highest BCUT2D eigenvalue weighted by Gasteiger charge is 2.06. The van der Waals surface area contributed by atoms with E-state index >= 15 is 0 Å². The van der Waals surface area contributed by atoms with Crippen LogP contribution in [0, 0.1) is 4.64 Å². The van der Waals surface area contributed by atoms with E-state index in [0.717, 1.165) is 5.56 Å². The van der Waals surface area contributed by atoms with Crippen LogP contribution in [-0.4, -0.2) is 10.9 Å². The minimum atomic E-state index is -0.157. The Morgan fingerprint density at radius 3 is 2.65 bits per heavy atom. The van der Waals surface area contributed by atoms with Gasteiger partial charge in [0.15, 0.2) is 0 Å². The molecule has 0 radical (unpaired) electrons. The van der Waals surface area contributed by atoms with Crippen LogP contribution in [0.15, 0.2) is 48.7 Å². The fraction of sp³-hybridized carbons (Fsp3) is 0.0769. The van der Waals surface area contributed by atoms with Gasteiger partial charge in [-0.25, -0.2) is 0 Å². The summed E-state index contributed by atoms with van der Waals surface area (Å²) >= 11 is 5.04. The first-order valence-corrected chi connectivity index (χ1v) is 5.68. The highest BCUT2D eigenvalue weighted by atomic mass is 32.1. The lowest BCUT2D eigenvalue weighted by Crippen LogP contribution is -2.23. The second-order valence-corrected chi connectivity index (χ2v) is 3.99. The normalized spacial score (nSPS) is 9.88. The van der Waals surface area contributed by atoms with E-state index in [0.29, 0.717) is 16.7 Å².